The van der Waals surface area contributed by atoms with Gasteiger partial charge in [0.25, 0.3) is 0 Å². The zero-order valence-corrected chi connectivity index (χ0v) is 16.0. The van der Waals surface area contributed by atoms with Crippen molar-refractivity contribution in [3.8, 4) is 0 Å². The minimum atomic E-state index is 0.0282. The van der Waals surface area contributed by atoms with Gasteiger partial charge in [-0.3, -0.25) is 9.69 Å². The molecule has 2 saturated heterocycles. The fourth-order valence-corrected chi connectivity index (χ4v) is 3.93. The van der Waals surface area contributed by atoms with Crippen LogP contribution in [0.1, 0.15) is 25.3 Å². The summed E-state index contributed by atoms with van der Waals surface area (Å²) in [5.41, 5.74) is 1.86. The lowest BCUT2D eigenvalue weighted by molar-refractivity contribution is -0.118. The Morgan fingerprint density at radius 3 is 2.46 bits per heavy atom. The van der Waals surface area contributed by atoms with Crippen molar-refractivity contribution in [2.24, 2.45) is 0 Å². The summed E-state index contributed by atoms with van der Waals surface area (Å²) in [6.45, 7) is 8.24. The van der Waals surface area contributed by atoms with E-state index in [4.69, 9.17) is 4.74 Å². The molecule has 5 heteroatoms. The van der Waals surface area contributed by atoms with E-state index in [9.17, 15) is 4.79 Å². The van der Waals surface area contributed by atoms with Crippen LogP contribution in [-0.2, 0) is 9.53 Å². The van der Waals surface area contributed by atoms with Gasteiger partial charge in [0.1, 0.15) is 0 Å². The highest BCUT2D eigenvalue weighted by Gasteiger charge is 2.40. The Morgan fingerprint density at radius 2 is 1.81 bits per heavy atom. The molecule has 1 aromatic rings. The molecule has 0 aliphatic carbocycles. The summed E-state index contributed by atoms with van der Waals surface area (Å²) >= 11 is 0. The first kappa shape index (κ1) is 19.1. The zero-order valence-electron chi connectivity index (χ0n) is 16.0. The van der Waals surface area contributed by atoms with Gasteiger partial charge in [-0.1, -0.05) is 30.3 Å². The number of ether oxygens (including phenoxy) is 1. The molecular formula is C21H31N3O2. The van der Waals surface area contributed by atoms with Crippen molar-refractivity contribution in [2.45, 2.75) is 25.3 Å². The maximum Gasteiger partial charge on any atom is 0.247 e. The van der Waals surface area contributed by atoms with Crippen LogP contribution in [0.15, 0.2) is 35.9 Å². The molecule has 0 bridgehead atoms. The van der Waals surface area contributed by atoms with E-state index in [1.165, 1.54) is 0 Å². The number of benzene rings is 1. The molecule has 2 heterocycles. The highest BCUT2D eigenvalue weighted by Crippen LogP contribution is 2.29. The first-order valence-electron chi connectivity index (χ1n) is 9.62. The molecule has 0 saturated carbocycles. The maximum atomic E-state index is 12.6. The molecule has 2 aliphatic heterocycles. The lowest BCUT2D eigenvalue weighted by atomic mass is 9.85. The average molecular weight is 357 g/mol. The molecular weight excluding hydrogens is 326 g/mol. The molecule has 0 spiro atoms. The largest absolute Gasteiger partial charge is 0.379 e. The van der Waals surface area contributed by atoms with Gasteiger partial charge in [-0.25, -0.2) is 0 Å². The standard InChI is InChI=1S/C21H31N3O2/c1-18(16-19-6-4-3-5-7-19)20(25)22-17-21(8-10-23(2)11-9-21)24-12-14-26-15-13-24/h3-7,16H,8-15,17H2,1-2H3,(H,22,25)/b18-16+. The second-order valence-electron chi connectivity index (χ2n) is 7.55. The molecule has 0 aromatic heterocycles. The third-order valence-corrected chi connectivity index (χ3v) is 5.72. The second-order valence-corrected chi connectivity index (χ2v) is 7.55. The Morgan fingerprint density at radius 1 is 1.15 bits per heavy atom. The average Bonchev–Trinajstić information content (AvgIpc) is 2.69. The van der Waals surface area contributed by atoms with Gasteiger partial charge in [-0.15, -0.1) is 0 Å². The summed E-state index contributed by atoms with van der Waals surface area (Å²) in [4.78, 5) is 17.6. The van der Waals surface area contributed by atoms with Crippen LogP contribution in [0.25, 0.3) is 6.08 Å². The topological polar surface area (TPSA) is 44.8 Å². The van der Waals surface area contributed by atoms with Crippen LogP contribution in [0.5, 0.6) is 0 Å². The number of hydrogen-bond acceptors (Lipinski definition) is 4. The Hall–Kier alpha value is -1.69. The molecule has 0 unspecified atom stereocenters. The van der Waals surface area contributed by atoms with Gasteiger partial charge in [-0.2, -0.15) is 0 Å². The molecule has 0 atom stereocenters. The molecule has 5 nitrogen and oxygen atoms in total. The number of nitrogens with one attached hydrogen (secondary N) is 1. The van der Waals surface area contributed by atoms with E-state index in [1.54, 1.807) is 0 Å². The third-order valence-electron chi connectivity index (χ3n) is 5.72. The highest BCUT2D eigenvalue weighted by molar-refractivity contribution is 5.97. The number of carbonyl (C=O) groups excluding carboxylic acids is 1. The normalized spacial score (nSPS) is 22.2. The van der Waals surface area contributed by atoms with Crippen LogP contribution in [-0.4, -0.2) is 74.2 Å². The second kappa shape index (κ2) is 8.80. The smallest absolute Gasteiger partial charge is 0.247 e. The van der Waals surface area contributed by atoms with Gasteiger partial charge in [0.05, 0.1) is 13.2 Å². The number of nitrogens with zero attached hydrogens (tertiary/aromatic N) is 2. The minimum Gasteiger partial charge on any atom is -0.379 e. The van der Waals surface area contributed by atoms with Gasteiger partial charge in [0.2, 0.25) is 5.91 Å². The Balaban J connectivity index is 1.65. The van der Waals surface area contributed by atoms with E-state index >= 15 is 0 Å². The van der Waals surface area contributed by atoms with Crippen molar-refractivity contribution in [3.63, 3.8) is 0 Å². The number of amides is 1. The molecule has 1 amide bonds. The van der Waals surface area contributed by atoms with Crippen molar-refractivity contribution in [2.75, 3.05) is 53.0 Å². The number of likely N-dealkylation sites (tertiary alicyclic amines) is 1. The van der Waals surface area contributed by atoms with E-state index in [0.29, 0.717) is 6.54 Å². The van der Waals surface area contributed by atoms with E-state index < -0.39 is 0 Å². The van der Waals surface area contributed by atoms with Crippen molar-refractivity contribution in [1.29, 1.82) is 0 Å². The first-order valence-corrected chi connectivity index (χ1v) is 9.62. The molecule has 142 valence electrons. The van der Waals surface area contributed by atoms with Crippen molar-refractivity contribution in [1.82, 2.24) is 15.1 Å². The van der Waals surface area contributed by atoms with Crippen LogP contribution in [0, 0.1) is 0 Å². The van der Waals surface area contributed by atoms with Gasteiger partial charge < -0.3 is 15.0 Å². The van der Waals surface area contributed by atoms with Crippen LogP contribution in [0.2, 0.25) is 0 Å². The fourth-order valence-electron chi connectivity index (χ4n) is 3.93. The monoisotopic (exact) mass is 357 g/mol. The first-order chi connectivity index (χ1) is 12.6. The predicted octanol–water partition coefficient (Wildman–Crippen LogP) is 2.00. The van der Waals surface area contributed by atoms with Crippen LogP contribution in [0.3, 0.4) is 0 Å². The summed E-state index contributed by atoms with van der Waals surface area (Å²) in [5.74, 6) is 0.0282. The summed E-state index contributed by atoms with van der Waals surface area (Å²) in [6, 6.07) is 10.00. The zero-order chi connectivity index (χ0) is 18.4. The van der Waals surface area contributed by atoms with Gasteiger partial charge in [-0.05, 0) is 51.5 Å². The predicted molar refractivity (Wildman–Crippen MR) is 105 cm³/mol. The third kappa shape index (κ3) is 4.72. The van der Waals surface area contributed by atoms with Crippen molar-refractivity contribution < 1.29 is 9.53 Å². The fraction of sp³-hybridized carbons (Fsp3) is 0.571. The lowest BCUT2D eigenvalue weighted by Crippen LogP contribution is -2.62. The number of morpholine rings is 1. The number of hydrogen-bond donors (Lipinski definition) is 1. The van der Waals surface area contributed by atoms with E-state index in [2.05, 4.69) is 22.2 Å². The Labute approximate surface area is 157 Å². The van der Waals surface area contributed by atoms with Gasteiger partial charge >= 0.3 is 0 Å². The number of carbonyl (C=O) groups is 1. The molecule has 2 aliphatic rings. The molecule has 1 aromatic carbocycles. The maximum absolute atomic E-state index is 12.6. The van der Waals surface area contributed by atoms with Crippen LogP contribution < -0.4 is 5.32 Å². The molecule has 0 radical (unpaired) electrons. The Kier molecular flexibility index (Phi) is 6.46. The molecule has 1 N–H and O–H groups in total. The van der Waals surface area contributed by atoms with Crippen LogP contribution >= 0.6 is 0 Å². The van der Waals surface area contributed by atoms with E-state index in [0.717, 1.165) is 63.4 Å². The molecule has 2 fully saturated rings. The Bertz CT molecular complexity index is 615. The summed E-state index contributed by atoms with van der Waals surface area (Å²) < 4.78 is 5.54. The van der Waals surface area contributed by atoms with E-state index in [1.807, 2.05) is 43.3 Å². The van der Waals surface area contributed by atoms with Crippen LogP contribution in [0.4, 0.5) is 0 Å². The quantitative estimate of drug-likeness (QED) is 0.819. The SMILES string of the molecule is C/C(=C\c1ccccc1)C(=O)NCC1(N2CCOCC2)CCN(C)CC1. The van der Waals surface area contributed by atoms with Crippen molar-refractivity contribution >= 4 is 12.0 Å². The summed E-state index contributed by atoms with van der Waals surface area (Å²) in [6.07, 6.45) is 4.13. The number of piperidine rings is 1. The molecule has 3 rings (SSSR count). The van der Waals surface area contributed by atoms with Crippen molar-refractivity contribution in [3.05, 3.63) is 41.5 Å². The number of rotatable bonds is 5. The minimum absolute atomic E-state index is 0.0282. The summed E-state index contributed by atoms with van der Waals surface area (Å²) in [7, 11) is 2.18. The van der Waals surface area contributed by atoms with Gasteiger partial charge in [0.15, 0.2) is 0 Å². The van der Waals surface area contributed by atoms with Gasteiger partial charge in [0, 0.05) is 30.7 Å². The highest BCUT2D eigenvalue weighted by atomic mass is 16.5. The molecule has 26 heavy (non-hydrogen) atoms. The lowest BCUT2D eigenvalue weighted by Gasteiger charge is -2.49. The summed E-state index contributed by atoms with van der Waals surface area (Å²) in [5, 5.41) is 3.22. The van der Waals surface area contributed by atoms with E-state index in [-0.39, 0.29) is 11.4 Å².